The minimum absolute atomic E-state index is 0.0984. The van der Waals surface area contributed by atoms with Crippen molar-refractivity contribution in [1.82, 2.24) is 30.1 Å². The Labute approximate surface area is 202 Å². The summed E-state index contributed by atoms with van der Waals surface area (Å²) in [5, 5.41) is 13.8. The van der Waals surface area contributed by atoms with Crippen LogP contribution < -0.4 is 15.0 Å². The number of H-pyrrole nitrogens is 1. The van der Waals surface area contributed by atoms with Gasteiger partial charge in [-0.25, -0.2) is 4.68 Å². The number of pyridine rings is 1. The van der Waals surface area contributed by atoms with Gasteiger partial charge in [-0.15, -0.1) is 5.10 Å². The van der Waals surface area contributed by atoms with Gasteiger partial charge in [-0.2, -0.15) is 0 Å². The maximum atomic E-state index is 13.5. The molecule has 0 radical (unpaired) electrons. The lowest BCUT2D eigenvalue weighted by atomic mass is 10.0. The molecule has 2 aliphatic heterocycles. The number of hydrogen-bond acceptors (Lipinski definition) is 7. The Bertz CT molecular complexity index is 1420. The number of nitrogens with one attached hydrogen (secondary N) is 1. The first kappa shape index (κ1) is 21.8. The minimum Gasteiger partial charge on any atom is -0.454 e. The van der Waals surface area contributed by atoms with Gasteiger partial charge < -0.3 is 14.5 Å². The van der Waals surface area contributed by atoms with Gasteiger partial charge in [0, 0.05) is 5.56 Å². The molecule has 1 saturated heterocycles. The van der Waals surface area contributed by atoms with E-state index < -0.39 is 0 Å². The highest BCUT2D eigenvalue weighted by Crippen LogP contribution is 2.33. The van der Waals surface area contributed by atoms with Crippen molar-refractivity contribution in [3.8, 4) is 11.5 Å². The van der Waals surface area contributed by atoms with Gasteiger partial charge in [-0.1, -0.05) is 37.1 Å². The largest absolute Gasteiger partial charge is 0.454 e. The second-order valence-electron chi connectivity index (χ2n) is 9.33. The summed E-state index contributed by atoms with van der Waals surface area (Å²) in [5.74, 6) is 2.13. The highest BCUT2D eigenvalue weighted by molar-refractivity contribution is 5.82. The van der Waals surface area contributed by atoms with Crippen molar-refractivity contribution in [3.05, 3.63) is 75.3 Å². The quantitative estimate of drug-likeness (QED) is 0.474. The summed E-state index contributed by atoms with van der Waals surface area (Å²) in [4.78, 5) is 19.0. The van der Waals surface area contributed by atoms with E-state index in [9.17, 15) is 4.79 Å². The zero-order chi connectivity index (χ0) is 23.8. The van der Waals surface area contributed by atoms with Crippen molar-refractivity contribution in [2.24, 2.45) is 0 Å². The molecule has 0 spiro atoms. The number of fused-ring (bicyclic) bond motifs is 2. The molecular formula is C26H28N6O3. The first-order chi connectivity index (χ1) is 17.2. The number of aromatic nitrogens is 5. The van der Waals surface area contributed by atoms with Gasteiger partial charge in [0.1, 0.15) is 6.04 Å². The standard InChI is InChI=1S/C26H28N6O3/c1-17-7-6-8-19-14-20(26(33)27-23(17)19)24(31-11-4-2-3-5-12-31)25-28-29-30-32(25)15-18-9-10-21-22(13-18)35-16-34-21/h6-10,13-14,24H,2-5,11-12,15-16H2,1H3,(H,27,33). The number of likely N-dealkylation sites (tertiary alicyclic amines) is 1. The summed E-state index contributed by atoms with van der Waals surface area (Å²) in [7, 11) is 0. The Morgan fingerprint density at radius 2 is 1.86 bits per heavy atom. The number of ether oxygens (including phenoxy) is 2. The number of tetrazole rings is 1. The van der Waals surface area contributed by atoms with Crippen molar-refractivity contribution in [3.63, 3.8) is 0 Å². The maximum absolute atomic E-state index is 13.5. The van der Waals surface area contributed by atoms with E-state index in [-0.39, 0.29) is 18.4 Å². The predicted octanol–water partition coefficient (Wildman–Crippen LogP) is 3.57. The van der Waals surface area contributed by atoms with Crippen LogP contribution in [-0.2, 0) is 6.54 Å². The van der Waals surface area contributed by atoms with E-state index in [1.54, 1.807) is 4.68 Å². The first-order valence-corrected chi connectivity index (χ1v) is 12.2. The second kappa shape index (κ2) is 9.14. The number of benzene rings is 2. The summed E-state index contributed by atoms with van der Waals surface area (Å²) in [6, 6.07) is 13.6. The molecule has 0 amide bonds. The molecule has 35 heavy (non-hydrogen) atoms. The van der Waals surface area contributed by atoms with Crippen LogP contribution in [0.5, 0.6) is 11.5 Å². The van der Waals surface area contributed by atoms with Gasteiger partial charge in [0.05, 0.1) is 12.1 Å². The fraction of sp³-hybridized carbons (Fsp3) is 0.385. The molecule has 9 heteroatoms. The number of para-hydroxylation sites is 1. The summed E-state index contributed by atoms with van der Waals surface area (Å²) >= 11 is 0. The summed E-state index contributed by atoms with van der Waals surface area (Å²) in [6.45, 7) is 4.50. The lowest BCUT2D eigenvalue weighted by molar-refractivity contribution is 0.174. The van der Waals surface area contributed by atoms with Crippen LogP contribution in [0.15, 0.2) is 47.3 Å². The Morgan fingerprint density at radius 3 is 2.71 bits per heavy atom. The van der Waals surface area contributed by atoms with E-state index in [1.807, 2.05) is 49.4 Å². The lowest BCUT2D eigenvalue weighted by Gasteiger charge is -2.29. The molecule has 1 fully saturated rings. The van der Waals surface area contributed by atoms with Gasteiger partial charge in [0.2, 0.25) is 6.79 Å². The van der Waals surface area contributed by atoms with Crippen molar-refractivity contribution in [2.75, 3.05) is 19.9 Å². The Kier molecular flexibility index (Phi) is 5.69. The van der Waals surface area contributed by atoms with E-state index >= 15 is 0 Å². The fourth-order valence-electron chi connectivity index (χ4n) is 5.19. The van der Waals surface area contributed by atoms with Crippen molar-refractivity contribution in [1.29, 1.82) is 0 Å². The van der Waals surface area contributed by atoms with Crippen LogP contribution >= 0.6 is 0 Å². The highest BCUT2D eigenvalue weighted by Gasteiger charge is 2.31. The third-order valence-corrected chi connectivity index (χ3v) is 6.99. The Balaban J connectivity index is 1.44. The average molecular weight is 473 g/mol. The number of nitrogens with zero attached hydrogens (tertiary/aromatic N) is 5. The van der Waals surface area contributed by atoms with E-state index in [2.05, 4.69) is 25.4 Å². The van der Waals surface area contributed by atoms with E-state index in [0.717, 1.165) is 59.5 Å². The van der Waals surface area contributed by atoms with Crippen molar-refractivity contribution < 1.29 is 9.47 Å². The third-order valence-electron chi connectivity index (χ3n) is 6.99. The van der Waals surface area contributed by atoms with E-state index in [1.165, 1.54) is 12.8 Å². The van der Waals surface area contributed by atoms with Gasteiger partial charge in [-0.3, -0.25) is 9.69 Å². The predicted molar refractivity (Wildman–Crippen MR) is 131 cm³/mol. The number of aromatic amines is 1. The molecule has 4 heterocycles. The number of hydrogen-bond donors (Lipinski definition) is 1. The van der Waals surface area contributed by atoms with Gasteiger partial charge in [-0.05, 0) is 78.0 Å². The van der Waals surface area contributed by atoms with Crippen LogP contribution in [0.3, 0.4) is 0 Å². The molecule has 2 aromatic carbocycles. The summed E-state index contributed by atoms with van der Waals surface area (Å²) < 4.78 is 12.8. The van der Waals surface area contributed by atoms with Gasteiger partial charge >= 0.3 is 0 Å². The number of aryl methyl sites for hydroxylation is 1. The molecule has 6 rings (SSSR count). The second-order valence-corrected chi connectivity index (χ2v) is 9.33. The van der Waals surface area contributed by atoms with Crippen LogP contribution in [0.2, 0.25) is 0 Å². The molecule has 0 saturated carbocycles. The van der Waals surface area contributed by atoms with Crippen LogP contribution in [0.1, 0.15) is 54.2 Å². The Hall–Kier alpha value is -3.72. The van der Waals surface area contributed by atoms with Crippen LogP contribution in [-0.4, -0.2) is 50.0 Å². The highest BCUT2D eigenvalue weighted by atomic mass is 16.7. The van der Waals surface area contributed by atoms with Crippen LogP contribution in [0, 0.1) is 6.92 Å². The molecular weight excluding hydrogens is 444 g/mol. The fourth-order valence-corrected chi connectivity index (χ4v) is 5.19. The molecule has 4 aromatic rings. The molecule has 180 valence electrons. The monoisotopic (exact) mass is 472 g/mol. The zero-order valence-electron chi connectivity index (χ0n) is 19.7. The zero-order valence-corrected chi connectivity index (χ0v) is 19.7. The molecule has 1 N–H and O–H groups in total. The third kappa shape index (κ3) is 4.16. The van der Waals surface area contributed by atoms with Crippen LogP contribution in [0.25, 0.3) is 10.9 Å². The number of rotatable bonds is 5. The first-order valence-electron chi connectivity index (χ1n) is 12.2. The molecule has 0 aliphatic carbocycles. The molecule has 1 atom stereocenters. The van der Waals surface area contributed by atoms with Crippen molar-refractivity contribution >= 4 is 10.9 Å². The average Bonchev–Trinajstić information content (AvgIpc) is 3.43. The molecule has 2 aromatic heterocycles. The summed E-state index contributed by atoms with van der Waals surface area (Å²) in [6.07, 6.45) is 4.56. The topological polar surface area (TPSA) is 98.2 Å². The Morgan fingerprint density at radius 1 is 1.03 bits per heavy atom. The lowest BCUT2D eigenvalue weighted by Crippen LogP contribution is -2.36. The molecule has 1 unspecified atom stereocenters. The van der Waals surface area contributed by atoms with Gasteiger partial charge in [0.15, 0.2) is 17.3 Å². The maximum Gasteiger partial charge on any atom is 0.253 e. The molecule has 9 nitrogen and oxygen atoms in total. The van der Waals surface area contributed by atoms with Crippen molar-refractivity contribution in [2.45, 2.75) is 45.2 Å². The summed E-state index contributed by atoms with van der Waals surface area (Å²) in [5.41, 5.74) is 3.49. The van der Waals surface area contributed by atoms with E-state index in [4.69, 9.17) is 9.47 Å². The SMILES string of the molecule is Cc1cccc2cc(C(c3nnnn3Cc3ccc4c(c3)OCO4)N3CCCCCC3)c(=O)[nH]c12. The van der Waals surface area contributed by atoms with E-state index in [0.29, 0.717) is 17.9 Å². The smallest absolute Gasteiger partial charge is 0.253 e. The normalized spacial score (nSPS) is 16.9. The van der Waals surface area contributed by atoms with Gasteiger partial charge in [0.25, 0.3) is 5.56 Å². The molecule has 0 bridgehead atoms. The minimum atomic E-state index is -0.342. The molecule has 2 aliphatic rings. The van der Waals surface area contributed by atoms with Crippen LogP contribution in [0.4, 0.5) is 0 Å².